The molecule has 1 aliphatic rings. The molecule has 0 spiro atoms. The molecule has 156 valence electrons. The molecule has 0 radical (unpaired) electrons. The van der Waals surface area contributed by atoms with Gasteiger partial charge in [-0.05, 0) is 61.7 Å². The lowest BCUT2D eigenvalue weighted by molar-refractivity contribution is -0.119. The fourth-order valence-corrected chi connectivity index (χ4v) is 3.66. The van der Waals surface area contributed by atoms with Crippen LogP contribution in [0.5, 0.6) is 11.5 Å². The molecule has 0 bridgehead atoms. The average molecular weight is 426 g/mol. The zero-order valence-corrected chi connectivity index (χ0v) is 17.9. The highest BCUT2D eigenvalue weighted by molar-refractivity contribution is 7.99. The van der Waals surface area contributed by atoms with Gasteiger partial charge in [-0.2, -0.15) is 0 Å². The maximum absolute atomic E-state index is 12.4. The summed E-state index contributed by atoms with van der Waals surface area (Å²) in [5, 5.41) is 11.5. The summed E-state index contributed by atoms with van der Waals surface area (Å²) in [5.41, 5.74) is 4.19. The van der Waals surface area contributed by atoms with Crippen molar-refractivity contribution in [2.24, 2.45) is 0 Å². The number of carbonyl (C=O) groups is 1. The predicted octanol–water partition coefficient (Wildman–Crippen LogP) is 4.09. The lowest BCUT2D eigenvalue weighted by Gasteiger charge is -2.21. The minimum absolute atomic E-state index is 0.117. The van der Waals surface area contributed by atoms with Crippen molar-refractivity contribution in [3.63, 3.8) is 0 Å². The Morgan fingerprint density at radius 2 is 1.87 bits per heavy atom. The van der Waals surface area contributed by atoms with Gasteiger partial charge < -0.3 is 19.2 Å². The summed E-state index contributed by atoms with van der Waals surface area (Å²) in [4.78, 5) is 12.4. The minimum atomic E-state index is -0.164. The average Bonchev–Trinajstić information content (AvgIpc) is 3.23. The zero-order valence-electron chi connectivity index (χ0n) is 17.1. The third-order valence-corrected chi connectivity index (χ3v) is 5.75. The second-order valence-corrected chi connectivity index (χ2v) is 8.08. The Balaban J connectivity index is 1.32. The molecule has 2 heterocycles. The predicted molar refractivity (Wildman–Crippen MR) is 114 cm³/mol. The molecule has 0 aliphatic carbocycles. The van der Waals surface area contributed by atoms with E-state index < -0.39 is 0 Å². The van der Waals surface area contributed by atoms with Gasteiger partial charge in [-0.3, -0.25) is 4.79 Å². The second kappa shape index (κ2) is 8.79. The molecular weight excluding hydrogens is 402 g/mol. The summed E-state index contributed by atoms with van der Waals surface area (Å²) >= 11 is 1.21. The van der Waals surface area contributed by atoms with Crippen LogP contribution in [0.3, 0.4) is 0 Å². The van der Waals surface area contributed by atoms with Crippen molar-refractivity contribution in [2.45, 2.75) is 32.0 Å². The smallest absolute Gasteiger partial charge is 0.277 e. The number of nitrogens with one attached hydrogen (secondary N) is 1. The van der Waals surface area contributed by atoms with Crippen LogP contribution in [-0.2, 0) is 4.79 Å². The van der Waals surface area contributed by atoms with Gasteiger partial charge in [-0.15, -0.1) is 10.2 Å². The molecule has 4 rings (SSSR count). The topological polar surface area (TPSA) is 86.5 Å². The Labute approximate surface area is 179 Å². The van der Waals surface area contributed by atoms with Gasteiger partial charge in [0.2, 0.25) is 11.8 Å². The van der Waals surface area contributed by atoms with Crippen LogP contribution in [0.2, 0.25) is 0 Å². The number of fused-ring (bicyclic) bond motifs is 1. The van der Waals surface area contributed by atoms with Crippen molar-refractivity contribution in [3.05, 3.63) is 53.1 Å². The highest BCUT2D eigenvalue weighted by Gasteiger charge is 2.17. The summed E-state index contributed by atoms with van der Waals surface area (Å²) in [6.45, 7) is 7.11. The van der Waals surface area contributed by atoms with Gasteiger partial charge in [0.1, 0.15) is 13.2 Å². The molecule has 2 aromatic carbocycles. The quantitative estimate of drug-likeness (QED) is 0.595. The number of carbonyl (C=O) groups excluding carboxylic acids is 1. The van der Waals surface area contributed by atoms with E-state index in [-0.39, 0.29) is 17.7 Å². The standard InChI is InChI=1S/C22H23N3O4S/c1-13-4-5-17(10-14(13)2)21-24-25-22(29-21)30-12-20(26)23-15(3)16-6-7-18-19(11-16)28-9-8-27-18/h4-7,10-11,15H,8-9,12H2,1-3H3,(H,23,26)/t15-/m0/s1. The molecule has 0 saturated heterocycles. The maximum Gasteiger partial charge on any atom is 0.277 e. The molecule has 1 aliphatic heterocycles. The molecule has 1 aromatic heterocycles. The van der Waals surface area contributed by atoms with Gasteiger partial charge in [0.25, 0.3) is 5.22 Å². The van der Waals surface area contributed by atoms with Crippen LogP contribution in [0.4, 0.5) is 0 Å². The minimum Gasteiger partial charge on any atom is -0.486 e. The number of nitrogens with zero attached hydrogens (tertiary/aromatic N) is 2. The third kappa shape index (κ3) is 4.59. The number of aromatic nitrogens is 2. The second-order valence-electron chi connectivity index (χ2n) is 7.15. The summed E-state index contributed by atoms with van der Waals surface area (Å²) in [6.07, 6.45) is 0. The number of benzene rings is 2. The van der Waals surface area contributed by atoms with E-state index in [4.69, 9.17) is 13.9 Å². The van der Waals surface area contributed by atoms with Gasteiger partial charge >= 0.3 is 0 Å². The lowest BCUT2D eigenvalue weighted by Crippen LogP contribution is -2.28. The molecule has 1 amide bonds. The van der Waals surface area contributed by atoms with Crippen LogP contribution in [0.15, 0.2) is 46.0 Å². The van der Waals surface area contributed by atoms with E-state index >= 15 is 0 Å². The van der Waals surface area contributed by atoms with Crippen LogP contribution in [0.1, 0.15) is 29.7 Å². The third-order valence-electron chi connectivity index (χ3n) is 4.93. The Kier molecular flexibility index (Phi) is 5.94. The fourth-order valence-electron chi connectivity index (χ4n) is 3.08. The number of ether oxygens (including phenoxy) is 2. The van der Waals surface area contributed by atoms with E-state index in [0.29, 0.717) is 30.1 Å². The van der Waals surface area contributed by atoms with Crippen molar-refractivity contribution in [1.29, 1.82) is 0 Å². The summed E-state index contributed by atoms with van der Waals surface area (Å²) in [7, 11) is 0. The Morgan fingerprint density at radius 3 is 2.67 bits per heavy atom. The van der Waals surface area contributed by atoms with Crippen molar-refractivity contribution in [3.8, 4) is 23.0 Å². The number of hydrogen-bond acceptors (Lipinski definition) is 7. The monoisotopic (exact) mass is 425 g/mol. The summed E-state index contributed by atoms with van der Waals surface area (Å²) in [6, 6.07) is 11.5. The van der Waals surface area contributed by atoms with E-state index in [2.05, 4.69) is 22.4 Å². The molecule has 1 atom stereocenters. The maximum atomic E-state index is 12.4. The van der Waals surface area contributed by atoms with E-state index in [1.807, 2.05) is 50.2 Å². The molecule has 0 unspecified atom stereocenters. The highest BCUT2D eigenvalue weighted by Crippen LogP contribution is 2.32. The van der Waals surface area contributed by atoms with E-state index in [1.165, 1.54) is 17.3 Å². The number of hydrogen-bond donors (Lipinski definition) is 1. The van der Waals surface area contributed by atoms with Crippen LogP contribution >= 0.6 is 11.8 Å². The van der Waals surface area contributed by atoms with Crippen molar-refractivity contribution in [2.75, 3.05) is 19.0 Å². The number of thioether (sulfide) groups is 1. The number of rotatable bonds is 6. The molecule has 1 N–H and O–H groups in total. The Bertz CT molecular complexity index is 1070. The van der Waals surface area contributed by atoms with Gasteiger partial charge in [0.15, 0.2) is 11.5 Å². The fraction of sp³-hybridized carbons (Fsp3) is 0.318. The first-order chi connectivity index (χ1) is 14.5. The van der Waals surface area contributed by atoms with Crippen molar-refractivity contribution in [1.82, 2.24) is 15.5 Å². The van der Waals surface area contributed by atoms with E-state index in [9.17, 15) is 4.79 Å². The molecular formula is C22H23N3O4S. The van der Waals surface area contributed by atoms with Crippen LogP contribution in [0.25, 0.3) is 11.5 Å². The molecule has 30 heavy (non-hydrogen) atoms. The van der Waals surface area contributed by atoms with Crippen molar-refractivity contribution < 1.29 is 18.7 Å². The lowest BCUT2D eigenvalue weighted by atomic mass is 10.1. The first kappa shape index (κ1) is 20.3. The summed E-state index contributed by atoms with van der Waals surface area (Å²) < 4.78 is 16.8. The zero-order chi connectivity index (χ0) is 21.1. The normalized spacial score (nSPS) is 13.7. The first-order valence-electron chi connectivity index (χ1n) is 9.72. The first-order valence-corrected chi connectivity index (χ1v) is 10.7. The SMILES string of the molecule is Cc1ccc(-c2nnc(SCC(=O)N[C@@H](C)c3ccc4c(c3)OCCO4)o2)cc1C. The van der Waals surface area contributed by atoms with Crippen LogP contribution < -0.4 is 14.8 Å². The Morgan fingerprint density at radius 1 is 1.07 bits per heavy atom. The van der Waals surface area contributed by atoms with Crippen LogP contribution in [0, 0.1) is 13.8 Å². The number of aryl methyl sites for hydroxylation is 2. The van der Waals surface area contributed by atoms with Gasteiger partial charge in [0.05, 0.1) is 11.8 Å². The molecule has 0 fully saturated rings. The van der Waals surface area contributed by atoms with E-state index in [0.717, 1.165) is 22.4 Å². The van der Waals surface area contributed by atoms with Crippen molar-refractivity contribution >= 4 is 17.7 Å². The Hall–Kier alpha value is -3.00. The number of amides is 1. The van der Waals surface area contributed by atoms with Gasteiger partial charge in [0, 0.05) is 5.56 Å². The summed E-state index contributed by atoms with van der Waals surface area (Å²) in [5.74, 6) is 1.96. The largest absolute Gasteiger partial charge is 0.486 e. The molecule has 7 nitrogen and oxygen atoms in total. The molecule has 3 aromatic rings. The molecule has 8 heteroatoms. The van der Waals surface area contributed by atoms with Crippen LogP contribution in [-0.4, -0.2) is 35.1 Å². The van der Waals surface area contributed by atoms with E-state index in [1.54, 1.807) is 0 Å². The van der Waals surface area contributed by atoms with Gasteiger partial charge in [-0.25, -0.2) is 0 Å². The van der Waals surface area contributed by atoms with Gasteiger partial charge in [-0.1, -0.05) is 23.9 Å². The highest BCUT2D eigenvalue weighted by atomic mass is 32.2. The molecule has 0 saturated carbocycles.